The van der Waals surface area contributed by atoms with Crippen molar-refractivity contribution in [2.24, 2.45) is 13.0 Å². The largest absolute Gasteiger partial charge is 0.350 e. The molecule has 0 bridgehead atoms. The molecule has 9 nitrogen and oxygen atoms in total. The summed E-state index contributed by atoms with van der Waals surface area (Å²) in [5.74, 6) is 0.974. The van der Waals surface area contributed by atoms with Crippen molar-refractivity contribution in [3.8, 4) is 0 Å². The summed E-state index contributed by atoms with van der Waals surface area (Å²) in [5, 5.41) is 8.33. The van der Waals surface area contributed by atoms with Gasteiger partial charge in [0.15, 0.2) is 0 Å². The molecule has 0 saturated heterocycles. The number of amides is 1. The standard InChI is InChI=1S/C25H33N7O2/c1-6-21(33)30(5)16-10-17(11-16)32-13-20(23-24(25(32)34)31(7-2)14-26-23)27-19-12-29(4)28-22(19)18-9-8-15(18)3/h6,12-18,27H,1,7-11H2,2-5H3. The van der Waals surface area contributed by atoms with E-state index in [9.17, 15) is 9.59 Å². The van der Waals surface area contributed by atoms with Gasteiger partial charge in [0, 0.05) is 51.0 Å². The molecule has 34 heavy (non-hydrogen) atoms. The van der Waals surface area contributed by atoms with Crippen molar-refractivity contribution in [3.63, 3.8) is 0 Å². The summed E-state index contributed by atoms with van der Waals surface area (Å²) < 4.78 is 5.58. The Bertz CT molecular complexity index is 1310. The number of carbonyl (C=O) groups excluding carboxylic acids is 1. The molecule has 3 heterocycles. The molecule has 2 aliphatic carbocycles. The lowest BCUT2D eigenvalue weighted by Crippen LogP contribution is -2.47. The van der Waals surface area contributed by atoms with Crippen molar-refractivity contribution >= 4 is 28.3 Å². The smallest absolute Gasteiger partial charge is 0.277 e. The van der Waals surface area contributed by atoms with Crippen LogP contribution in [-0.4, -0.2) is 47.8 Å². The minimum absolute atomic E-state index is 0.0303. The van der Waals surface area contributed by atoms with Crippen LogP contribution in [0, 0.1) is 5.92 Å². The Balaban J connectivity index is 1.52. The quantitative estimate of drug-likeness (QED) is 0.541. The van der Waals surface area contributed by atoms with Gasteiger partial charge in [0.05, 0.1) is 23.4 Å². The van der Waals surface area contributed by atoms with Crippen LogP contribution < -0.4 is 10.9 Å². The number of aromatic nitrogens is 5. The lowest BCUT2D eigenvalue weighted by molar-refractivity contribution is -0.129. The van der Waals surface area contributed by atoms with Crippen molar-refractivity contribution in [2.75, 3.05) is 12.4 Å². The van der Waals surface area contributed by atoms with Crippen LogP contribution in [0.15, 0.2) is 36.2 Å². The van der Waals surface area contributed by atoms with Gasteiger partial charge in [0.1, 0.15) is 11.0 Å². The van der Waals surface area contributed by atoms with Crippen molar-refractivity contribution in [1.82, 2.24) is 28.8 Å². The number of rotatable bonds is 7. The van der Waals surface area contributed by atoms with Gasteiger partial charge in [-0.05, 0) is 44.6 Å². The second kappa shape index (κ2) is 8.45. The first-order valence-corrected chi connectivity index (χ1v) is 12.1. The number of imidazole rings is 1. The first-order valence-electron chi connectivity index (χ1n) is 12.1. The average molecular weight is 464 g/mol. The second-order valence-electron chi connectivity index (χ2n) is 9.80. The third-order valence-corrected chi connectivity index (χ3v) is 7.79. The monoisotopic (exact) mass is 463 g/mol. The van der Waals surface area contributed by atoms with E-state index in [4.69, 9.17) is 5.10 Å². The molecule has 2 saturated carbocycles. The van der Waals surface area contributed by atoms with Crippen LogP contribution in [-0.2, 0) is 18.4 Å². The molecule has 2 atom stereocenters. The molecular formula is C25H33N7O2. The number of nitrogens with zero attached hydrogens (tertiary/aromatic N) is 6. The Morgan fingerprint density at radius 1 is 1.29 bits per heavy atom. The van der Waals surface area contributed by atoms with Crippen LogP contribution in [0.4, 0.5) is 11.4 Å². The Labute approximate surface area is 199 Å². The number of carbonyl (C=O) groups is 1. The molecule has 2 aliphatic rings. The molecule has 1 N–H and O–H groups in total. The molecule has 5 rings (SSSR count). The van der Waals surface area contributed by atoms with Crippen LogP contribution in [0.2, 0.25) is 0 Å². The topological polar surface area (TPSA) is 90.0 Å². The van der Waals surface area contributed by atoms with E-state index in [1.807, 2.05) is 40.2 Å². The number of nitrogens with one attached hydrogen (secondary N) is 1. The Kier molecular flexibility index (Phi) is 5.58. The maximum atomic E-state index is 13.5. The minimum atomic E-state index is -0.0907. The number of pyridine rings is 1. The third kappa shape index (κ3) is 3.54. The molecule has 2 fully saturated rings. The van der Waals surface area contributed by atoms with Gasteiger partial charge in [-0.1, -0.05) is 13.5 Å². The van der Waals surface area contributed by atoms with E-state index < -0.39 is 0 Å². The molecule has 0 spiro atoms. The van der Waals surface area contributed by atoms with Crippen molar-refractivity contribution < 1.29 is 4.79 Å². The second-order valence-corrected chi connectivity index (χ2v) is 9.80. The Morgan fingerprint density at radius 3 is 2.68 bits per heavy atom. The molecule has 0 aromatic carbocycles. The van der Waals surface area contributed by atoms with Crippen LogP contribution >= 0.6 is 0 Å². The predicted octanol–water partition coefficient (Wildman–Crippen LogP) is 3.56. The van der Waals surface area contributed by atoms with Crippen LogP contribution in [0.5, 0.6) is 0 Å². The van der Waals surface area contributed by atoms with Gasteiger partial charge in [0.2, 0.25) is 5.91 Å². The molecule has 180 valence electrons. The van der Waals surface area contributed by atoms with Crippen LogP contribution in [0.25, 0.3) is 11.0 Å². The molecule has 3 aromatic heterocycles. The molecule has 1 amide bonds. The van der Waals surface area contributed by atoms with Gasteiger partial charge in [-0.3, -0.25) is 14.3 Å². The summed E-state index contributed by atoms with van der Waals surface area (Å²) in [5.41, 5.74) is 4.10. The number of aryl methyl sites for hydroxylation is 2. The molecule has 0 aliphatic heterocycles. The molecular weight excluding hydrogens is 430 g/mol. The fourth-order valence-electron chi connectivity index (χ4n) is 5.31. The maximum Gasteiger partial charge on any atom is 0.277 e. The van der Waals surface area contributed by atoms with E-state index in [1.54, 1.807) is 18.3 Å². The fraction of sp³-hybridized carbons (Fsp3) is 0.520. The number of likely N-dealkylation sites (N-methyl/N-ethyl adjacent to an activating group) is 1. The maximum absolute atomic E-state index is 13.5. The summed E-state index contributed by atoms with van der Waals surface area (Å²) in [7, 11) is 3.73. The number of anilines is 2. The van der Waals surface area contributed by atoms with Gasteiger partial charge >= 0.3 is 0 Å². The highest BCUT2D eigenvalue weighted by Crippen LogP contribution is 2.44. The molecule has 9 heteroatoms. The predicted molar refractivity (Wildman–Crippen MR) is 132 cm³/mol. The Morgan fingerprint density at radius 2 is 2.06 bits per heavy atom. The minimum Gasteiger partial charge on any atom is -0.350 e. The van der Waals surface area contributed by atoms with E-state index in [0.29, 0.717) is 29.4 Å². The average Bonchev–Trinajstić information content (AvgIpc) is 3.37. The number of fused-ring (bicyclic) bond motifs is 1. The van der Waals surface area contributed by atoms with E-state index >= 15 is 0 Å². The Hall–Kier alpha value is -3.36. The highest BCUT2D eigenvalue weighted by Gasteiger charge is 2.36. The first kappa shape index (κ1) is 22.4. The van der Waals surface area contributed by atoms with E-state index in [1.165, 1.54) is 12.5 Å². The number of hydrogen-bond donors (Lipinski definition) is 1. The summed E-state index contributed by atoms with van der Waals surface area (Å²) in [6.45, 7) is 8.53. The van der Waals surface area contributed by atoms with E-state index in [-0.39, 0.29) is 23.6 Å². The van der Waals surface area contributed by atoms with Gasteiger partial charge in [-0.25, -0.2) is 4.98 Å². The summed E-state index contributed by atoms with van der Waals surface area (Å²) in [6.07, 6.45) is 10.8. The van der Waals surface area contributed by atoms with Crippen molar-refractivity contribution in [2.45, 2.75) is 64.1 Å². The summed E-state index contributed by atoms with van der Waals surface area (Å²) in [4.78, 5) is 31.8. The van der Waals surface area contributed by atoms with Gasteiger partial charge < -0.3 is 19.4 Å². The molecule has 2 unspecified atom stereocenters. The number of hydrogen-bond acceptors (Lipinski definition) is 5. The van der Waals surface area contributed by atoms with Gasteiger partial charge in [-0.2, -0.15) is 5.10 Å². The van der Waals surface area contributed by atoms with E-state index in [0.717, 1.165) is 36.3 Å². The van der Waals surface area contributed by atoms with Crippen LogP contribution in [0.1, 0.15) is 57.2 Å². The van der Waals surface area contributed by atoms with Crippen molar-refractivity contribution in [1.29, 1.82) is 0 Å². The normalized spacial score (nSPS) is 23.9. The summed E-state index contributed by atoms with van der Waals surface area (Å²) in [6, 6.07) is 0.137. The zero-order chi connectivity index (χ0) is 24.1. The lowest BCUT2D eigenvalue weighted by Gasteiger charge is -2.41. The fourth-order valence-corrected chi connectivity index (χ4v) is 5.31. The summed E-state index contributed by atoms with van der Waals surface area (Å²) >= 11 is 0. The van der Waals surface area contributed by atoms with Crippen LogP contribution in [0.3, 0.4) is 0 Å². The zero-order valence-corrected chi connectivity index (χ0v) is 20.4. The van der Waals surface area contributed by atoms with Crippen molar-refractivity contribution in [3.05, 3.63) is 47.4 Å². The van der Waals surface area contributed by atoms with E-state index in [2.05, 4.69) is 23.8 Å². The highest BCUT2D eigenvalue weighted by atomic mass is 16.2. The lowest BCUT2D eigenvalue weighted by atomic mass is 9.73. The zero-order valence-electron chi connectivity index (χ0n) is 20.4. The molecule has 0 radical (unpaired) electrons. The first-order chi connectivity index (χ1) is 16.3. The SMILES string of the molecule is C=CC(=O)N(C)C1CC(n2cc(Nc3cn(C)nc3C3CCC3C)c3ncn(CC)c3c2=O)C1. The highest BCUT2D eigenvalue weighted by molar-refractivity contribution is 5.90. The van der Waals surface area contributed by atoms with Gasteiger partial charge in [-0.15, -0.1) is 0 Å². The molecule has 3 aromatic rings. The van der Waals surface area contributed by atoms with Gasteiger partial charge in [0.25, 0.3) is 5.56 Å². The third-order valence-electron chi connectivity index (χ3n) is 7.79.